The van der Waals surface area contributed by atoms with Crippen molar-refractivity contribution in [1.29, 1.82) is 0 Å². The number of carbonyl (C=O) groups is 1. The van der Waals surface area contributed by atoms with E-state index in [4.69, 9.17) is 4.74 Å². The molecule has 0 unspecified atom stereocenters. The van der Waals surface area contributed by atoms with Crippen molar-refractivity contribution in [1.82, 2.24) is 15.1 Å². The first-order valence-electron chi connectivity index (χ1n) is 9.03. The van der Waals surface area contributed by atoms with Crippen LogP contribution in [0.15, 0.2) is 0 Å². The maximum Gasteiger partial charge on any atom is 0.249 e. The summed E-state index contributed by atoms with van der Waals surface area (Å²) in [6.07, 6.45) is 4.71. The molecule has 5 nitrogen and oxygen atoms in total. The first kappa shape index (κ1) is 16.2. The quantitative estimate of drug-likeness (QED) is 0.826. The van der Waals surface area contributed by atoms with Crippen molar-refractivity contribution in [2.24, 2.45) is 5.92 Å². The fourth-order valence-electron chi connectivity index (χ4n) is 4.05. The third-order valence-electron chi connectivity index (χ3n) is 5.53. The minimum absolute atomic E-state index is 0.102. The largest absolute Gasteiger partial charge is 0.364 e. The van der Waals surface area contributed by atoms with E-state index in [1.807, 2.05) is 0 Å². The van der Waals surface area contributed by atoms with Crippen molar-refractivity contribution in [3.05, 3.63) is 0 Å². The Hall–Kier alpha value is -0.650. The van der Waals surface area contributed by atoms with Gasteiger partial charge >= 0.3 is 0 Å². The summed E-state index contributed by atoms with van der Waals surface area (Å²) in [7, 11) is 0. The number of hydrogen-bond acceptors (Lipinski definition) is 4. The molecule has 126 valence electrons. The van der Waals surface area contributed by atoms with Crippen LogP contribution in [0, 0.1) is 5.92 Å². The van der Waals surface area contributed by atoms with Crippen LogP contribution in [0.4, 0.5) is 0 Å². The predicted molar refractivity (Wildman–Crippen MR) is 86.8 cm³/mol. The van der Waals surface area contributed by atoms with Gasteiger partial charge in [-0.25, -0.2) is 0 Å². The van der Waals surface area contributed by atoms with Crippen molar-refractivity contribution in [3.8, 4) is 0 Å². The highest BCUT2D eigenvalue weighted by molar-refractivity contribution is 5.81. The Labute approximate surface area is 134 Å². The molecule has 3 aliphatic heterocycles. The molecule has 0 aromatic carbocycles. The molecule has 3 atom stereocenters. The topological polar surface area (TPSA) is 44.8 Å². The van der Waals surface area contributed by atoms with Crippen molar-refractivity contribution < 1.29 is 9.53 Å². The lowest BCUT2D eigenvalue weighted by atomic mass is 9.91. The third-order valence-corrected chi connectivity index (χ3v) is 5.53. The van der Waals surface area contributed by atoms with Crippen molar-refractivity contribution in [2.45, 2.75) is 57.8 Å². The fourth-order valence-corrected chi connectivity index (χ4v) is 4.05. The van der Waals surface area contributed by atoms with E-state index in [9.17, 15) is 4.79 Å². The summed E-state index contributed by atoms with van der Waals surface area (Å²) in [5, 5.41) is 3.08. The number of carbonyl (C=O) groups excluding carboxylic acids is 1. The van der Waals surface area contributed by atoms with E-state index in [0.717, 1.165) is 32.6 Å². The average Bonchev–Trinajstić information content (AvgIpc) is 3.15. The van der Waals surface area contributed by atoms with Crippen LogP contribution in [0.3, 0.4) is 0 Å². The molecule has 5 heteroatoms. The standard InChI is InChI=1S/C17H31N3O2/c1-13(2)20-9-5-14-11-15(22-16(14)12-20)17(21)18-6-10-19-7-3-4-8-19/h13-16H,3-12H2,1-2H3,(H,18,21)/t14-,15+,16-/m0/s1. The van der Waals surface area contributed by atoms with Gasteiger partial charge in [-0.15, -0.1) is 0 Å². The number of ether oxygens (including phenoxy) is 1. The van der Waals surface area contributed by atoms with Crippen LogP contribution in [-0.4, -0.2) is 73.2 Å². The summed E-state index contributed by atoms with van der Waals surface area (Å²) in [6.45, 7) is 10.7. The molecule has 0 saturated carbocycles. The molecular weight excluding hydrogens is 278 g/mol. The number of fused-ring (bicyclic) bond motifs is 1. The number of likely N-dealkylation sites (tertiary alicyclic amines) is 2. The van der Waals surface area contributed by atoms with Gasteiger partial charge < -0.3 is 15.0 Å². The second-order valence-corrected chi connectivity index (χ2v) is 7.38. The van der Waals surface area contributed by atoms with Gasteiger partial charge in [0, 0.05) is 25.7 Å². The minimum atomic E-state index is -0.222. The normalized spacial score (nSPS) is 33.3. The van der Waals surface area contributed by atoms with Gasteiger partial charge in [-0.1, -0.05) is 0 Å². The highest BCUT2D eigenvalue weighted by Crippen LogP contribution is 2.33. The van der Waals surface area contributed by atoms with Crippen LogP contribution in [0.25, 0.3) is 0 Å². The van der Waals surface area contributed by atoms with Gasteiger partial charge in [0.2, 0.25) is 5.91 Å². The van der Waals surface area contributed by atoms with Crippen LogP contribution in [0.5, 0.6) is 0 Å². The zero-order valence-corrected chi connectivity index (χ0v) is 14.1. The van der Waals surface area contributed by atoms with Gasteiger partial charge in [0.25, 0.3) is 0 Å². The zero-order chi connectivity index (χ0) is 15.5. The van der Waals surface area contributed by atoms with E-state index in [2.05, 4.69) is 29.0 Å². The molecule has 3 aliphatic rings. The van der Waals surface area contributed by atoms with Crippen LogP contribution >= 0.6 is 0 Å². The summed E-state index contributed by atoms with van der Waals surface area (Å²) in [5.74, 6) is 0.675. The summed E-state index contributed by atoms with van der Waals surface area (Å²) in [5.41, 5.74) is 0. The molecule has 3 rings (SSSR count). The average molecular weight is 309 g/mol. The first-order valence-corrected chi connectivity index (χ1v) is 9.03. The Balaban J connectivity index is 1.40. The van der Waals surface area contributed by atoms with Gasteiger partial charge in [0.05, 0.1) is 6.10 Å². The summed E-state index contributed by atoms with van der Waals surface area (Å²) in [6, 6.07) is 0.567. The lowest BCUT2D eigenvalue weighted by Gasteiger charge is -2.36. The van der Waals surface area contributed by atoms with Gasteiger partial charge in [-0.05, 0) is 65.1 Å². The molecule has 1 N–H and O–H groups in total. The molecule has 0 aromatic rings. The number of hydrogen-bond donors (Lipinski definition) is 1. The Morgan fingerprint density at radius 1 is 1.27 bits per heavy atom. The Morgan fingerprint density at radius 2 is 2.05 bits per heavy atom. The minimum Gasteiger partial charge on any atom is -0.364 e. The zero-order valence-electron chi connectivity index (χ0n) is 14.1. The molecule has 0 bridgehead atoms. The number of rotatable bonds is 5. The van der Waals surface area contributed by atoms with E-state index in [-0.39, 0.29) is 18.1 Å². The van der Waals surface area contributed by atoms with Crippen LogP contribution in [0.1, 0.15) is 39.5 Å². The molecule has 22 heavy (non-hydrogen) atoms. The third kappa shape index (κ3) is 3.81. The van der Waals surface area contributed by atoms with Gasteiger partial charge in [0.15, 0.2) is 0 Å². The second kappa shape index (κ2) is 7.28. The van der Waals surface area contributed by atoms with Gasteiger partial charge in [-0.3, -0.25) is 9.69 Å². The van der Waals surface area contributed by atoms with E-state index in [0.29, 0.717) is 12.0 Å². The molecule has 3 heterocycles. The fraction of sp³-hybridized carbons (Fsp3) is 0.941. The van der Waals surface area contributed by atoms with Crippen molar-refractivity contribution in [2.75, 3.05) is 39.3 Å². The second-order valence-electron chi connectivity index (χ2n) is 7.38. The van der Waals surface area contributed by atoms with E-state index >= 15 is 0 Å². The molecule has 0 aliphatic carbocycles. The number of piperidine rings is 1. The summed E-state index contributed by atoms with van der Waals surface area (Å²) in [4.78, 5) is 17.2. The Bertz CT molecular complexity index is 382. The SMILES string of the molecule is CC(C)N1CC[C@H]2C[C@H](C(=O)NCCN3CCCC3)O[C@H]2C1. The first-order chi connectivity index (χ1) is 10.6. The van der Waals surface area contributed by atoms with E-state index < -0.39 is 0 Å². The molecule has 1 amide bonds. The lowest BCUT2D eigenvalue weighted by molar-refractivity contribution is -0.133. The van der Waals surface area contributed by atoms with Crippen LogP contribution in [-0.2, 0) is 9.53 Å². The predicted octanol–water partition coefficient (Wildman–Crippen LogP) is 1.09. The smallest absolute Gasteiger partial charge is 0.249 e. The van der Waals surface area contributed by atoms with Crippen molar-refractivity contribution in [3.63, 3.8) is 0 Å². The Kier molecular flexibility index (Phi) is 5.37. The number of nitrogens with one attached hydrogen (secondary N) is 1. The van der Waals surface area contributed by atoms with Crippen LogP contribution in [0.2, 0.25) is 0 Å². The molecule has 0 aromatic heterocycles. The molecular formula is C17H31N3O2. The van der Waals surface area contributed by atoms with Crippen molar-refractivity contribution >= 4 is 5.91 Å². The maximum absolute atomic E-state index is 12.3. The highest BCUT2D eigenvalue weighted by atomic mass is 16.5. The van der Waals surface area contributed by atoms with E-state index in [1.165, 1.54) is 32.4 Å². The molecule has 0 spiro atoms. The van der Waals surface area contributed by atoms with Crippen LogP contribution < -0.4 is 5.32 Å². The number of nitrogens with zero attached hydrogens (tertiary/aromatic N) is 2. The van der Waals surface area contributed by atoms with Gasteiger partial charge in [-0.2, -0.15) is 0 Å². The maximum atomic E-state index is 12.3. The molecule has 0 radical (unpaired) electrons. The molecule has 3 fully saturated rings. The van der Waals surface area contributed by atoms with E-state index in [1.54, 1.807) is 0 Å². The molecule has 3 saturated heterocycles. The summed E-state index contributed by atoms with van der Waals surface area (Å²) < 4.78 is 6.06. The Morgan fingerprint density at radius 3 is 2.77 bits per heavy atom. The number of amides is 1. The highest BCUT2D eigenvalue weighted by Gasteiger charge is 2.42. The lowest BCUT2D eigenvalue weighted by Crippen LogP contribution is -2.45. The van der Waals surface area contributed by atoms with Gasteiger partial charge in [0.1, 0.15) is 6.10 Å². The summed E-state index contributed by atoms with van der Waals surface area (Å²) >= 11 is 0. The monoisotopic (exact) mass is 309 g/mol.